The fourth-order valence-corrected chi connectivity index (χ4v) is 2.02. The number of aryl methyl sites for hydroxylation is 1. The number of nitriles is 1. The quantitative estimate of drug-likeness (QED) is 0.892. The number of nitrogens with one attached hydrogen (secondary N) is 1. The molecule has 18 heavy (non-hydrogen) atoms. The molecule has 0 bridgehead atoms. The van der Waals surface area contributed by atoms with Crippen LogP contribution in [0.3, 0.4) is 0 Å². The second-order valence-corrected chi connectivity index (χ2v) is 4.72. The minimum absolute atomic E-state index is 0.606. The van der Waals surface area contributed by atoms with E-state index in [0.717, 1.165) is 21.5 Å². The van der Waals surface area contributed by atoms with Crippen molar-refractivity contribution in [3.63, 3.8) is 0 Å². The molecule has 0 aliphatic rings. The van der Waals surface area contributed by atoms with E-state index in [1.165, 1.54) is 0 Å². The van der Waals surface area contributed by atoms with Crippen molar-refractivity contribution in [2.45, 2.75) is 6.92 Å². The van der Waals surface area contributed by atoms with Crippen LogP contribution in [0.15, 0.2) is 34.9 Å². The monoisotopic (exact) mass is 302 g/mol. The smallest absolute Gasteiger partial charge is 0.133 e. The lowest BCUT2D eigenvalue weighted by Gasteiger charge is -2.10. The highest BCUT2D eigenvalue weighted by atomic mass is 79.9. The standard InChI is InChI=1S/C13H11BrN4/c1-8-4-10(16)7-17-13(8)18-12-3-2-9(6-15)5-11(12)14/h2-5,7H,16H2,1H3,(H,17,18). The maximum absolute atomic E-state index is 8.80. The zero-order valence-corrected chi connectivity index (χ0v) is 11.3. The first kappa shape index (κ1) is 12.4. The summed E-state index contributed by atoms with van der Waals surface area (Å²) in [7, 11) is 0. The van der Waals surface area contributed by atoms with Crippen LogP contribution in [0.1, 0.15) is 11.1 Å². The van der Waals surface area contributed by atoms with E-state index in [-0.39, 0.29) is 0 Å². The highest BCUT2D eigenvalue weighted by Gasteiger charge is 2.05. The van der Waals surface area contributed by atoms with E-state index in [0.29, 0.717) is 11.3 Å². The van der Waals surface area contributed by atoms with Gasteiger partial charge in [0.25, 0.3) is 0 Å². The predicted octanol–water partition coefficient (Wildman–Crippen LogP) is 3.35. The molecule has 1 aromatic carbocycles. The summed E-state index contributed by atoms with van der Waals surface area (Å²) in [5, 5.41) is 12.0. The van der Waals surface area contributed by atoms with Gasteiger partial charge >= 0.3 is 0 Å². The molecule has 0 atom stereocenters. The van der Waals surface area contributed by atoms with E-state index in [9.17, 15) is 0 Å². The number of rotatable bonds is 2. The lowest BCUT2D eigenvalue weighted by Crippen LogP contribution is -1.98. The van der Waals surface area contributed by atoms with Crippen molar-refractivity contribution in [2.24, 2.45) is 0 Å². The molecule has 0 amide bonds. The third-order valence-corrected chi connectivity index (χ3v) is 3.11. The number of hydrogen-bond donors (Lipinski definition) is 2. The van der Waals surface area contributed by atoms with Crippen molar-refractivity contribution < 1.29 is 0 Å². The summed E-state index contributed by atoms with van der Waals surface area (Å²) < 4.78 is 0.819. The van der Waals surface area contributed by atoms with Crippen LogP contribution in [0, 0.1) is 18.3 Å². The van der Waals surface area contributed by atoms with Crippen LogP contribution in [-0.4, -0.2) is 4.98 Å². The largest absolute Gasteiger partial charge is 0.397 e. The van der Waals surface area contributed by atoms with Crippen molar-refractivity contribution in [3.05, 3.63) is 46.1 Å². The Kier molecular flexibility index (Phi) is 3.49. The number of aromatic nitrogens is 1. The van der Waals surface area contributed by atoms with Gasteiger partial charge in [-0.25, -0.2) is 4.98 Å². The lowest BCUT2D eigenvalue weighted by molar-refractivity contribution is 1.26. The summed E-state index contributed by atoms with van der Waals surface area (Å²) in [6, 6.07) is 9.28. The summed E-state index contributed by atoms with van der Waals surface area (Å²) in [5.41, 5.74) is 8.72. The topological polar surface area (TPSA) is 74.7 Å². The maximum atomic E-state index is 8.80. The number of nitrogens with two attached hydrogens (primary N) is 1. The van der Waals surface area contributed by atoms with Crippen molar-refractivity contribution in [1.82, 2.24) is 4.98 Å². The number of pyridine rings is 1. The van der Waals surface area contributed by atoms with Gasteiger partial charge in [-0.3, -0.25) is 0 Å². The van der Waals surface area contributed by atoms with Gasteiger partial charge in [0.15, 0.2) is 0 Å². The van der Waals surface area contributed by atoms with Crippen LogP contribution < -0.4 is 11.1 Å². The number of anilines is 3. The molecule has 0 saturated carbocycles. The third kappa shape index (κ3) is 2.60. The number of benzene rings is 1. The Morgan fingerprint density at radius 3 is 2.78 bits per heavy atom. The van der Waals surface area contributed by atoms with Crippen LogP contribution in [0.4, 0.5) is 17.2 Å². The van der Waals surface area contributed by atoms with Gasteiger partial charge in [-0.05, 0) is 52.7 Å². The molecule has 0 radical (unpaired) electrons. The normalized spacial score (nSPS) is 9.83. The van der Waals surface area contributed by atoms with Crippen molar-refractivity contribution >= 4 is 33.1 Å². The van der Waals surface area contributed by atoms with Gasteiger partial charge in [-0.1, -0.05) is 0 Å². The Hall–Kier alpha value is -2.06. The Balaban J connectivity index is 2.32. The minimum atomic E-state index is 0.606. The average Bonchev–Trinajstić information content (AvgIpc) is 2.34. The molecule has 0 aliphatic carbocycles. The Bertz CT molecular complexity index is 631. The van der Waals surface area contributed by atoms with Crippen LogP contribution in [-0.2, 0) is 0 Å². The number of hydrogen-bond acceptors (Lipinski definition) is 4. The maximum Gasteiger partial charge on any atom is 0.133 e. The second-order valence-electron chi connectivity index (χ2n) is 3.87. The van der Waals surface area contributed by atoms with Gasteiger partial charge in [0.2, 0.25) is 0 Å². The van der Waals surface area contributed by atoms with Gasteiger partial charge < -0.3 is 11.1 Å². The summed E-state index contributed by atoms with van der Waals surface area (Å²) in [4.78, 5) is 4.23. The molecular formula is C13H11BrN4. The zero-order valence-electron chi connectivity index (χ0n) is 9.74. The first-order valence-corrected chi connectivity index (χ1v) is 6.08. The molecule has 0 unspecified atom stereocenters. The molecule has 5 heteroatoms. The van der Waals surface area contributed by atoms with Crippen LogP contribution in [0.2, 0.25) is 0 Å². The summed E-state index contributed by atoms with van der Waals surface area (Å²) >= 11 is 3.42. The van der Waals surface area contributed by atoms with E-state index < -0.39 is 0 Å². The summed E-state index contributed by atoms with van der Waals surface area (Å²) in [6.45, 7) is 1.93. The fraction of sp³-hybridized carbons (Fsp3) is 0.0769. The highest BCUT2D eigenvalue weighted by molar-refractivity contribution is 9.10. The average molecular weight is 303 g/mol. The fourth-order valence-electron chi connectivity index (χ4n) is 1.54. The Morgan fingerprint density at radius 1 is 1.39 bits per heavy atom. The van der Waals surface area contributed by atoms with Gasteiger partial charge in [-0.2, -0.15) is 5.26 Å². The molecule has 2 rings (SSSR count). The van der Waals surface area contributed by atoms with E-state index in [2.05, 4.69) is 32.3 Å². The molecule has 1 heterocycles. The van der Waals surface area contributed by atoms with Crippen molar-refractivity contribution in [2.75, 3.05) is 11.1 Å². The molecule has 90 valence electrons. The molecule has 0 aliphatic heterocycles. The zero-order chi connectivity index (χ0) is 13.1. The van der Waals surface area contributed by atoms with Crippen molar-refractivity contribution in [3.8, 4) is 6.07 Å². The van der Waals surface area contributed by atoms with E-state index in [1.807, 2.05) is 19.1 Å². The van der Waals surface area contributed by atoms with Crippen LogP contribution in [0.5, 0.6) is 0 Å². The first-order chi connectivity index (χ1) is 8.60. The summed E-state index contributed by atoms with van der Waals surface area (Å²) in [6.07, 6.45) is 1.60. The SMILES string of the molecule is Cc1cc(N)cnc1Nc1ccc(C#N)cc1Br. The second kappa shape index (κ2) is 5.07. The van der Waals surface area contributed by atoms with Gasteiger partial charge in [0, 0.05) is 4.47 Å². The lowest BCUT2D eigenvalue weighted by atomic mass is 10.2. The van der Waals surface area contributed by atoms with Gasteiger partial charge in [0.05, 0.1) is 29.2 Å². The van der Waals surface area contributed by atoms with E-state index in [1.54, 1.807) is 18.3 Å². The van der Waals surface area contributed by atoms with Gasteiger partial charge in [-0.15, -0.1) is 0 Å². The van der Waals surface area contributed by atoms with E-state index >= 15 is 0 Å². The van der Waals surface area contributed by atoms with Gasteiger partial charge in [0.1, 0.15) is 5.82 Å². The third-order valence-electron chi connectivity index (χ3n) is 2.45. The number of nitrogen functional groups attached to an aromatic ring is 1. The Labute approximate surface area is 114 Å². The molecule has 1 aromatic heterocycles. The molecule has 2 aromatic rings. The molecular weight excluding hydrogens is 292 g/mol. The molecule has 0 spiro atoms. The Morgan fingerprint density at radius 2 is 2.17 bits per heavy atom. The summed E-state index contributed by atoms with van der Waals surface area (Å²) in [5.74, 6) is 0.745. The molecule has 4 nitrogen and oxygen atoms in total. The molecule has 3 N–H and O–H groups in total. The van der Waals surface area contributed by atoms with Crippen molar-refractivity contribution in [1.29, 1.82) is 5.26 Å². The molecule has 0 fully saturated rings. The number of halogens is 1. The van der Waals surface area contributed by atoms with E-state index in [4.69, 9.17) is 11.0 Å². The highest BCUT2D eigenvalue weighted by Crippen LogP contribution is 2.27. The predicted molar refractivity (Wildman–Crippen MR) is 75.5 cm³/mol. The van der Waals surface area contributed by atoms with Crippen LogP contribution >= 0.6 is 15.9 Å². The number of nitrogens with zero attached hydrogens (tertiary/aromatic N) is 2. The van der Waals surface area contributed by atoms with Crippen LogP contribution in [0.25, 0.3) is 0 Å². The minimum Gasteiger partial charge on any atom is -0.397 e. The molecule has 0 saturated heterocycles. The first-order valence-electron chi connectivity index (χ1n) is 5.29.